The van der Waals surface area contributed by atoms with Crippen LogP contribution in [0.25, 0.3) is 0 Å². The standard InChI is InChI=1S/C15H23N/c1-10-8-11(2)13(4)14(12(10)3)15(9-16)6-5-7-15/h8H,5-7,9,16H2,1-4H3. The fraction of sp³-hybridized carbons (Fsp3) is 0.600. The Hall–Kier alpha value is -0.820. The van der Waals surface area contributed by atoms with E-state index in [1.165, 1.54) is 41.5 Å². The zero-order valence-corrected chi connectivity index (χ0v) is 11.0. The van der Waals surface area contributed by atoms with E-state index >= 15 is 0 Å². The first kappa shape index (κ1) is 11.7. The van der Waals surface area contributed by atoms with E-state index in [2.05, 4.69) is 33.8 Å². The van der Waals surface area contributed by atoms with E-state index < -0.39 is 0 Å². The van der Waals surface area contributed by atoms with Gasteiger partial charge in [0.15, 0.2) is 0 Å². The molecule has 2 rings (SSSR count). The van der Waals surface area contributed by atoms with Gasteiger partial charge < -0.3 is 5.73 Å². The van der Waals surface area contributed by atoms with E-state index in [-0.39, 0.29) is 0 Å². The van der Waals surface area contributed by atoms with Crippen LogP contribution in [0.1, 0.15) is 47.1 Å². The van der Waals surface area contributed by atoms with Gasteiger partial charge >= 0.3 is 0 Å². The summed E-state index contributed by atoms with van der Waals surface area (Å²) >= 11 is 0. The van der Waals surface area contributed by atoms with Gasteiger partial charge in [0.1, 0.15) is 0 Å². The van der Waals surface area contributed by atoms with Crippen LogP contribution in [0.5, 0.6) is 0 Å². The molecule has 16 heavy (non-hydrogen) atoms. The Morgan fingerprint density at radius 2 is 1.56 bits per heavy atom. The van der Waals surface area contributed by atoms with Crippen molar-refractivity contribution < 1.29 is 0 Å². The van der Waals surface area contributed by atoms with E-state index in [0.29, 0.717) is 5.41 Å². The molecule has 1 nitrogen and oxygen atoms in total. The minimum Gasteiger partial charge on any atom is -0.330 e. The number of hydrogen-bond acceptors (Lipinski definition) is 1. The van der Waals surface area contributed by atoms with Crippen molar-refractivity contribution in [1.29, 1.82) is 0 Å². The molecule has 2 N–H and O–H groups in total. The summed E-state index contributed by atoms with van der Waals surface area (Å²) in [5.41, 5.74) is 13.7. The summed E-state index contributed by atoms with van der Waals surface area (Å²) in [4.78, 5) is 0. The quantitative estimate of drug-likeness (QED) is 0.808. The SMILES string of the molecule is Cc1cc(C)c(C)c(C2(CN)CCC2)c1C. The molecule has 0 bridgehead atoms. The smallest absolute Gasteiger partial charge is 0.00810 e. The third-order valence-electron chi connectivity index (χ3n) is 4.60. The Morgan fingerprint density at radius 1 is 1.06 bits per heavy atom. The minimum atomic E-state index is 0.297. The van der Waals surface area contributed by atoms with Crippen LogP contribution in [0.3, 0.4) is 0 Å². The van der Waals surface area contributed by atoms with Crippen molar-refractivity contribution in [2.24, 2.45) is 5.73 Å². The summed E-state index contributed by atoms with van der Waals surface area (Å²) in [6, 6.07) is 2.30. The average Bonchev–Trinajstić information content (AvgIpc) is 2.19. The Balaban J connectivity index is 2.63. The molecule has 0 spiro atoms. The van der Waals surface area contributed by atoms with Crippen LogP contribution in [0.2, 0.25) is 0 Å². The van der Waals surface area contributed by atoms with Crippen molar-refractivity contribution in [3.63, 3.8) is 0 Å². The lowest BCUT2D eigenvalue weighted by atomic mass is 9.61. The molecule has 1 aliphatic carbocycles. The topological polar surface area (TPSA) is 26.0 Å². The Morgan fingerprint density at radius 3 is 1.88 bits per heavy atom. The van der Waals surface area contributed by atoms with Crippen LogP contribution in [0, 0.1) is 27.7 Å². The monoisotopic (exact) mass is 217 g/mol. The summed E-state index contributed by atoms with van der Waals surface area (Å²) < 4.78 is 0. The van der Waals surface area contributed by atoms with Gasteiger partial charge in [-0.05, 0) is 68.4 Å². The first-order chi connectivity index (χ1) is 7.52. The van der Waals surface area contributed by atoms with Crippen molar-refractivity contribution in [1.82, 2.24) is 0 Å². The maximum absolute atomic E-state index is 6.04. The highest BCUT2D eigenvalue weighted by atomic mass is 14.6. The molecule has 0 aromatic heterocycles. The molecule has 0 unspecified atom stereocenters. The number of hydrogen-bond donors (Lipinski definition) is 1. The highest BCUT2D eigenvalue weighted by Crippen LogP contribution is 2.46. The number of rotatable bonds is 2. The molecule has 0 atom stereocenters. The Labute approximate surface area is 99.0 Å². The molecule has 0 amide bonds. The van der Waals surface area contributed by atoms with Crippen LogP contribution >= 0.6 is 0 Å². The Kier molecular flexibility index (Phi) is 2.83. The minimum absolute atomic E-state index is 0.297. The first-order valence-electron chi connectivity index (χ1n) is 6.30. The van der Waals surface area contributed by atoms with Gasteiger partial charge in [0.2, 0.25) is 0 Å². The largest absolute Gasteiger partial charge is 0.330 e. The van der Waals surface area contributed by atoms with E-state index in [0.717, 1.165) is 6.54 Å². The Bertz CT molecular complexity index is 382. The van der Waals surface area contributed by atoms with Gasteiger partial charge in [0.05, 0.1) is 0 Å². The number of aryl methyl sites for hydroxylation is 2. The van der Waals surface area contributed by atoms with Crippen molar-refractivity contribution in [2.75, 3.05) is 6.54 Å². The average molecular weight is 217 g/mol. The summed E-state index contributed by atoms with van der Waals surface area (Å²) in [5, 5.41) is 0. The maximum Gasteiger partial charge on any atom is 0.00810 e. The lowest BCUT2D eigenvalue weighted by molar-refractivity contribution is 0.250. The van der Waals surface area contributed by atoms with Gasteiger partial charge in [-0.25, -0.2) is 0 Å². The zero-order chi connectivity index (χ0) is 11.9. The maximum atomic E-state index is 6.04. The number of nitrogens with two attached hydrogens (primary N) is 1. The second kappa shape index (κ2) is 3.89. The van der Waals surface area contributed by atoms with Crippen LogP contribution in [0.15, 0.2) is 6.07 Å². The van der Waals surface area contributed by atoms with Crippen LogP contribution < -0.4 is 5.73 Å². The summed E-state index contributed by atoms with van der Waals surface area (Å²) in [7, 11) is 0. The number of benzene rings is 1. The van der Waals surface area contributed by atoms with Crippen molar-refractivity contribution in [3.05, 3.63) is 33.9 Å². The molecular formula is C15H23N. The predicted octanol–water partition coefficient (Wildman–Crippen LogP) is 3.30. The van der Waals surface area contributed by atoms with Crippen molar-refractivity contribution in [2.45, 2.75) is 52.4 Å². The fourth-order valence-electron chi connectivity index (χ4n) is 3.17. The van der Waals surface area contributed by atoms with E-state index in [4.69, 9.17) is 5.73 Å². The molecule has 0 heterocycles. The molecule has 1 aromatic rings. The second-order valence-corrected chi connectivity index (χ2v) is 5.47. The molecule has 88 valence electrons. The molecule has 1 heteroatoms. The highest BCUT2D eigenvalue weighted by molar-refractivity contribution is 5.49. The van der Waals surface area contributed by atoms with E-state index in [9.17, 15) is 0 Å². The van der Waals surface area contributed by atoms with Crippen LogP contribution in [-0.2, 0) is 5.41 Å². The fourth-order valence-corrected chi connectivity index (χ4v) is 3.17. The van der Waals surface area contributed by atoms with E-state index in [1.807, 2.05) is 0 Å². The lowest BCUT2D eigenvalue weighted by Crippen LogP contribution is -2.43. The van der Waals surface area contributed by atoms with Crippen LogP contribution in [-0.4, -0.2) is 6.54 Å². The zero-order valence-electron chi connectivity index (χ0n) is 11.0. The molecule has 1 aromatic carbocycles. The third-order valence-corrected chi connectivity index (χ3v) is 4.60. The summed E-state index contributed by atoms with van der Waals surface area (Å²) in [6.07, 6.45) is 3.88. The van der Waals surface area contributed by atoms with E-state index in [1.54, 1.807) is 5.56 Å². The van der Waals surface area contributed by atoms with Gasteiger partial charge in [-0.15, -0.1) is 0 Å². The normalized spacial score (nSPS) is 18.3. The lowest BCUT2D eigenvalue weighted by Gasteiger charge is -2.44. The van der Waals surface area contributed by atoms with Crippen molar-refractivity contribution >= 4 is 0 Å². The summed E-state index contributed by atoms with van der Waals surface area (Å²) in [5.74, 6) is 0. The first-order valence-corrected chi connectivity index (χ1v) is 6.30. The highest BCUT2D eigenvalue weighted by Gasteiger charge is 2.39. The molecule has 0 radical (unpaired) electrons. The van der Waals surface area contributed by atoms with Gasteiger partial charge in [-0.2, -0.15) is 0 Å². The van der Waals surface area contributed by atoms with Gasteiger partial charge in [0.25, 0.3) is 0 Å². The molecule has 0 saturated heterocycles. The molecular weight excluding hydrogens is 194 g/mol. The van der Waals surface area contributed by atoms with Crippen LogP contribution in [0.4, 0.5) is 0 Å². The molecule has 1 fully saturated rings. The predicted molar refractivity (Wildman–Crippen MR) is 70.0 cm³/mol. The summed E-state index contributed by atoms with van der Waals surface area (Å²) in [6.45, 7) is 9.75. The van der Waals surface area contributed by atoms with Crippen molar-refractivity contribution in [3.8, 4) is 0 Å². The molecule has 1 saturated carbocycles. The third kappa shape index (κ3) is 1.49. The van der Waals surface area contributed by atoms with Gasteiger partial charge in [0, 0.05) is 12.0 Å². The molecule has 0 aliphatic heterocycles. The van der Waals surface area contributed by atoms with Gasteiger partial charge in [-0.1, -0.05) is 12.5 Å². The molecule has 1 aliphatic rings. The van der Waals surface area contributed by atoms with Gasteiger partial charge in [-0.3, -0.25) is 0 Å². The second-order valence-electron chi connectivity index (χ2n) is 5.47.